The molecule has 5 N–H and O–H groups in total. The van der Waals surface area contributed by atoms with E-state index in [0.29, 0.717) is 6.54 Å². The summed E-state index contributed by atoms with van der Waals surface area (Å²) in [6.45, 7) is 1.48. The normalized spacial score (nSPS) is 26.2. The van der Waals surface area contributed by atoms with Crippen molar-refractivity contribution < 1.29 is 9.90 Å². The van der Waals surface area contributed by atoms with Gasteiger partial charge in [0.15, 0.2) is 0 Å². The number of aliphatic hydroxyl groups is 1. The van der Waals surface area contributed by atoms with Crippen LogP contribution in [-0.4, -0.2) is 47.7 Å². The van der Waals surface area contributed by atoms with Gasteiger partial charge in [-0.15, -0.1) is 0 Å². The highest BCUT2D eigenvalue weighted by Gasteiger charge is 2.26. The fourth-order valence-electron chi connectivity index (χ4n) is 1.68. The summed E-state index contributed by atoms with van der Waals surface area (Å²) in [5.74, 6) is -0.483. The molecule has 2 atom stereocenters. The summed E-state index contributed by atoms with van der Waals surface area (Å²) in [5.41, 5.74) is 10.6. The first-order valence-electron chi connectivity index (χ1n) is 4.55. The lowest BCUT2D eigenvalue weighted by Crippen LogP contribution is -2.48. The van der Waals surface area contributed by atoms with Gasteiger partial charge in [-0.2, -0.15) is 0 Å². The minimum Gasteiger partial charge on any atom is -0.395 e. The SMILES string of the molecule is NC(=O)C(N)CN1CCCC1CO. The Balaban J connectivity index is 2.39. The molecule has 0 aromatic rings. The molecule has 0 radical (unpaired) electrons. The Morgan fingerprint density at radius 3 is 2.92 bits per heavy atom. The van der Waals surface area contributed by atoms with Gasteiger partial charge in [0.05, 0.1) is 12.6 Å². The van der Waals surface area contributed by atoms with Crippen LogP contribution in [0.1, 0.15) is 12.8 Å². The molecule has 0 aromatic carbocycles. The van der Waals surface area contributed by atoms with Gasteiger partial charge in [0.1, 0.15) is 0 Å². The molecule has 0 saturated carbocycles. The van der Waals surface area contributed by atoms with E-state index in [2.05, 4.69) is 0 Å². The van der Waals surface area contributed by atoms with E-state index in [1.54, 1.807) is 0 Å². The molecule has 1 heterocycles. The molecular formula is C8H17N3O2. The lowest BCUT2D eigenvalue weighted by Gasteiger charge is -2.24. The maximum atomic E-state index is 10.7. The van der Waals surface area contributed by atoms with Crippen molar-refractivity contribution in [3.63, 3.8) is 0 Å². The summed E-state index contributed by atoms with van der Waals surface area (Å²) in [6, 6.07) is -0.461. The third-order valence-electron chi connectivity index (χ3n) is 2.51. The van der Waals surface area contributed by atoms with Gasteiger partial charge < -0.3 is 16.6 Å². The number of nitrogens with zero attached hydrogens (tertiary/aromatic N) is 1. The van der Waals surface area contributed by atoms with Crippen LogP contribution in [0.3, 0.4) is 0 Å². The summed E-state index contributed by atoms with van der Waals surface area (Å²) in [7, 11) is 0. The zero-order chi connectivity index (χ0) is 9.84. The van der Waals surface area contributed by atoms with Crippen LogP contribution in [-0.2, 0) is 4.79 Å². The summed E-state index contributed by atoms with van der Waals surface area (Å²) in [5, 5.41) is 8.99. The number of carbonyl (C=O) groups is 1. The first kappa shape index (κ1) is 10.4. The Hall–Kier alpha value is -0.650. The predicted octanol–water partition coefficient (Wildman–Crippen LogP) is -1.74. The fraction of sp³-hybridized carbons (Fsp3) is 0.875. The highest BCUT2D eigenvalue weighted by Crippen LogP contribution is 2.16. The molecule has 1 amide bonds. The van der Waals surface area contributed by atoms with Gasteiger partial charge in [-0.1, -0.05) is 0 Å². The van der Waals surface area contributed by atoms with Crippen LogP contribution in [0.4, 0.5) is 0 Å². The molecule has 0 spiro atoms. The van der Waals surface area contributed by atoms with E-state index in [1.165, 1.54) is 0 Å². The monoisotopic (exact) mass is 187 g/mol. The van der Waals surface area contributed by atoms with Crippen molar-refractivity contribution in [2.45, 2.75) is 24.9 Å². The second kappa shape index (κ2) is 4.55. The van der Waals surface area contributed by atoms with E-state index in [1.807, 2.05) is 4.90 Å². The van der Waals surface area contributed by atoms with E-state index in [-0.39, 0.29) is 12.6 Å². The first-order valence-corrected chi connectivity index (χ1v) is 4.55. The van der Waals surface area contributed by atoms with Crippen molar-refractivity contribution in [1.29, 1.82) is 0 Å². The Morgan fingerprint density at radius 2 is 2.38 bits per heavy atom. The molecule has 76 valence electrons. The highest BCUT2D eigenvalue weighted by molar-refractivity contribution is 5.79. The predicted molar refractivity (Wildman–Crippen MR) is 48.9 cm³/mol. The molecule has 2 unspecified atom stereocenters. The van der Waals surface area contributed by atoms with Gasteiger partial charge in [0.2, 0.25) is 5.91 Å². The lowest BCUT2D eigenvalue weighted by molar-refractivity contribution is -0.119. The van der Waals surface area contributed by atoms with Gasteiger partial charge in [-0.25, -0.2) is 0 Å². The third kappa shape index (κ3) is 2.65. The van der Waals surface area contributed by atoms with Crippen molar-refractivity contribution >= 4 is 5.91 Å². The van der Waals surface area contributed by atoms with Gasteiger partial charge >= 0.3 is 0 Å². The first-order chi connectivity index (χ1) is 6.15. The molecule has 13 heavy (non-hydrogen) atoms. The van der Waals surface area contributed by atoms with Crippen LogP contribution in [0, 0.1) is 0 Å². The standard InChI is InChI=1S/C8H17N3O2/c9-7(8(10)13)4-11-3-1-2-6(11)5-12/h6-7,12H,1-5,9H2,(H2,10,13). The number of nitrogens with two attached hydrogens (primary N) is 2. The molecule has 0 aromatic heterocycles. The maximum Gasteiger partial charge on any atom is 0.235 e. The Kier molecular flexibility index (Phi) is 3.65. The highest BCUT2D eigenvalue weighted by atomic mass is 16.3. The van der Waals surface area contributed by atoms with Gasteiger partial charge in [0.25, 0.3) is 0 Å². The van der Waals surface area contributed by atoms with Crippen molar-refractivity contribution in [3.8, 4) is 0 Å². The number of likely N-dealkylation sites (tertiary alicyclic amines) is 1. The van der Waals surface area contributed by atoms with Crippen LogP contribution in [0.25, 0.3) is 0 Å². The van der Waals surface area contributed by atoms with Crippen LogP contribution in [0.5, 0.6) is 0 Å². The van der Waals surface area contributed by atoms with Crippen molar-refractivity contribution in [2.24, 2.45) is 11.5 Å². The number of amides is 1. The zero-order valence-corrected chi connectivity index (χ0v) is 7.65. The average molecular weight is 187 g/mol. The van der Waals surface area contributed by atoms with Gasteiger partial charge in [-0.3, -0.25) is 9.69 Å². The van der Waals surface area contributed by atoms with Crippen molar-refractivity contribution in [1.82, 2.24) is 4.90 Å². The second-order valence-corrected chi connectivity index (χ2v) is 3.48. The van der Waals surface area contributed by atoms with E-state index in [9.17, 15) is 4.79 Å². The summed E-state index contributed by atoms with van der Waals surface area (Å²) >= 11 is 0. The number of aliphatic hydroxyl groups excluding tert-OH is 1. The molecule has 5 nitrogen and oxygen atoms in total. The number of hydrogen-bond acceptors (Lipinski definition) is 4. The van der Waals surface area contributed by atoms with Gasteiger partial charge in [-0.05, 0) is 19.4 Å². The third-order valence-corrected chi connectivity index (χ3v) is 2.51. The van der Waals surface area contributed by atoms with Crippen LogP contribution in [0.15, 0.2) is 0 Å². The Morgan fingerprint density at radius 1 is 1.69 bits per heavy atom. The van der Waals surface area contributed by atoms with Crippen molar-refractivity contribution in [2.75, 3.05) is 19.7 Å². The number of primary amides is 1. The summed E-state index contributed by atoms with van der Waals surface area (Å²) in [4.78, 5) is 12.7. The maximum absolute atomic E-state index is 10.7. The average Bonchev–Trinajstić information content (AvgIpc) is 2.51. The summed E-state index contributed by atoms with van der Waals surface area (Å²) < 4.78 is 0. The molecular weight excluding hydrogens is 170 g/mol. The molecule has 0 bridgehead atoms. The van der Waals surface area contributed by atoms with Crippen LogP contribution < -0.4 is 11.5 Å². The second-order valence-electron chi connectivity index (χ2n) is 3.48. The smallest absolute Gasteiger partial charge is 0.235 e. The lowest BCUT2D eigenvalue weighted by atomic mass is 10.2. The molecule has 1 saturated heterocycles. The minimum absolute atomic E-state index is 0.130. The number of rotatable bonds is 4. The van der Waals surface area contributed by atoms with Crippen LogP contribution >= 0.6 is 0 Å². The summed E-state index contributed by atoms with van der Waals surface area (Å²) in [6.07, 6.45) is 2.03. The Labute approximate surface area is 77.7 Å². The van der Waals surface area contributed by atoms with Crippen LogP contribution in [0.2, 0.25) is 0 Å². The van der Waals surface area contributed by atoms with E-state index in [0.717, 1.165) is 19.4 Å². The number of hydrogen-bond donors (Lipinski definition) is 3. The molecule has 1 rings (SSSR count). The Bertz CT molecular complexity index is 186. The number of carbonyl (C=O) groups excluding carboxylic acids is 1. The zero-order valence-electron chi connectivity index (χ0n) is 7.65. The largest absolute Gasteiger partial charge is 0.395 e. The van der Waals surface area contributed by atoms with Gasteiger partial charge in [0, 0.05) is 12.6 Å². The van der Waals surface area contributed by atoms with Crippen molar-refractivity contribution in [3.05, 3.63) is 0 Å². The molecule has 5 heteroatoms. The molecule has 1 aliphatic heterocycles. The fourth-order valence-corrected chi connectivity index (χ4v) is 1.68. The van der Waals surface area contributed by atoms with E-state index >= 15 is 0 Å². The topological polar surface area (TPSA) is 92.6 Å². The quantitative estimate of drug-likeness (QED) is 0.487. The molecule has 0 aliphatic carbocycles. The molecule has 1 fully saturated rings. The minimum atomic E-state index is -0.618. The van der Waals surface area contributed by atoms with E-state index < -0.39 is 11.9 Å². The van der Waals surface area contributed by atoms with E-state index in [4.69, 9.17) is 16.6 Å². The molecule has 1 aliphatic rings.